The molecule has 1 aromatic carbocycles. The average molecular weight is 443 g/mol. The molecule has 5 rings (SSSR count). The van der Waals surface area contributed by atoms with Crippen molar-refractivity contribution in [3.63, 3.8) is 0 Å². The van der Waals surface area contributed by atoms with Crippen LogP contribution in [0.2, 0.25) is 0 Å². The summed E-state index contributed by atoms with van der Waals surface area (Å²) in [6, 6.07) is 10.2. The van der Waals surface area contributed by atoms with E-state index in [4.69, 9.17) is 9.97 Å². The van der Waals surface area contributed by atoms with Gasteiger partial charge in [-0.1, -0.05) is 30.3 Å². The zero-order valence-electron chi connectivity index (χ0n) is 18.6. The summed E-state index contributed by atoms with van der Waals surface area (Å²) in [4.78, 5) is 47.1. The number of nitrogens with zero attached hydrogens (tertiary/aromatic N) is 6. The van der Waals surface area contributed by atoms with Crippen molar-refractivity contribution in [2.45, 2.75) is 38.5 Å². The van der Waals surface area contributed by atoms with E-state index in [9.17, 15) is 9.59 Å². The van der Waals surface area contributed by atoms with Crippen LogP contribution < -0.4 is 4.90 Å². The van der Waals surface area contributed by atoms with Crippen LogP contribution in [0, 0.1) is 6.92 Å². The Morgan fingerprint density at radius 3 is 2.79 bits per heavy atom. The highest BCUT2D eigenvalue weighted by molar-refractivity contribution is 6.00. The molecule has 1 atom stereocenters. The van der Waals surface area contributed by atoms with Crippen molar-refractivity contribution in [1.82, 2.24) is 24.8 Å². The number of likely N-dealkylation sites (tertiary alicyclic amines) is 1. The zero-order chi connectivity index (χ0) is 22.8. The number of hydrogen-bond acceptors (Lipinski definition) is 6. The van der Waals surface area contributed by atoms with Crippen LogP contribution in [0.15, 0.2) is 48.9 Å². The molecule has 8 heteroatoms. The number of benzene rings is 1. The van der Waals surface area contributed by atoms with E-state index >= 15 is 0 Å². The third-order valence-electron chi connectivity index (χ3n) is 6.42. The van der Waals surface area contributed by atoms with Crippen LogP contribution in [0.3, 0.4) is 0 Å². The van der Waals surface area contributed by atoms with Crippen molar-refractivity contribution in [2.75, 3.05) is 24.5 Å². The summed E-state index contributed by atoms with van der Waals surface area (Å²) in [5.41, 5.74) is 3.31. The summed E-state index contributed by atoms with van der Waals surface area (Å²) < 4.78 is 0. The molecule has 1 saturated heterocycles. The molecule has 8 nitrogen and oxygen atoms in total. The van der Waals surface area contributed by atoms with Crippen molar-refractivity contribution in [3.8, 4) is 0 Å². The van der Waals surface area contributed by atoms with Gasteiger partial charge in [0.1, 0.15) is 17.3 Å². The fourth-order valence-electron chi connectivity index (χ4n) is 4.64. The maximum absolute atomic E-state index is 12.9. The fourth-order valence-corrected chi connectivity index (χ4v) is 4.64. The Morgan fingerprint density at radius 1 is 1.15 bits per heavy atom. The molecule has 0 N–H and O–H groups in total. The van der Waals surface area contributed by atoms with E-state index in [0.717, 1.165) is 36.3 Å². The quantitative estimate of drug-likeness (QED) is 0.603. The Hall–Kier alpha value is -3.68. The molecule has 168 valence electrons. The van der Waals surface area contributed by atoms with Crippen LogP contribution >= 0.6 is 0 Å². The van der Waals surface area contributed by atoms with E-state index in [1.165, 1.54) is 18.0 Å². The molecule has 2 aliphatic rings. The van der Waals surface area contributed by atoms with Gasteiger partial charge in [-0.3, -0.25) is 19.5 Å². The van der Waals surface area contributed by atoms with Gasteiger partial charge in [0.2, 0.25) is 5.91 Å². The van der Waals surface area contributed by atoms with Gasteiger partial charge >= 0.3 is 0 Å². The van der Waals surface area contributed by atoms with Crippen molar-refractivity contribution in [2.24, 2.45) is 0 Å². The third kappa shape index (κ3) is 4.33. The minimum atomic E-state index is -0.120. The SMILES string of the molecule is Cc1nc(C2CCCN(C(=O)c3cnccn3)C2)nc2c1CC(=O)N2CCc1ccccc1. The number of piperidine rings is 1. The van der Waals surface area contributed by atoms with Gasteiger partial charge in [-0.2, -0.15) is 0 Å². The summed E-state index contributed by atoms with van der Waals surface area (Å²) in [7, 11) is 0. The number of carbonyl (C=O) groups is 2. The standard InChI is InChI=1S/C25H26N6O2/c1-17-20-14-22(32)31(13-9-18-6-3-2-4-7-18)24(20)29-23(28-17)19-8-5-12-30(16-19)25(33)21-15-26-10-11-27-21/h2-4,6-7,10-11,15,19H,5,8-9,12-14,16H2,1H3. The number of fused-ring (bicyclic) bond motifs is 1. The van der Waals surface area contributed by atoms with Gasteiger partial charge < -0.3 is 4.90 Å². The molecule has 0 saturated carbocycles. The van der Waals surface area contributed by atoms with Crippen LogP contribution in [0.4, 0.5) is 5.82 Å². The van der Waals surface area contributed by atoms with Crippen molar-refractivity contribution < 1.29 is 9.59 Å². The topological polar surface area (TPSA) is 92.2 Å². The predicted octanol–water partition coefficient (Wildman–Crippen LogP) is 2.73. The second-order valence-electron chi connectivity index (χ2n) is 8.61. The van der Waals surface area contributed by atoms with Crippen LogP contribution in [-0.2, 0) is 17.6 Å². The molecular formula is C25H26N6O2. The lowest BCUT2D eigenvalue weighted by atomic mass is 9.96. The van der Waals surface area contributed by atoms with Gasteiger partial charge in [0.15, 0.2) is 0 Å². The van der Waals surface area contributed by atoms with Gasteiger partial charge in [0.25, 0.3) is 5.91 Å². The van der Waals surface area contributed by atoms with Gasteiger partial charge in [-0.25, -0.2) is 15.0 Å². The molecule has 0 bridgehead atoms. The molecule has 0 spiro atoms. The van der Waals surface area contributed by atoms with Crippen LogP contribution in [0.25, 0.3) is 0 Å². The molecule has 1 fully saturated rings. The normalized spacial score (nSPS) is 17.8. The molecule has 2 aromatic heterocycles. The fraction of sp³-hybridized carbons (Fsp3) is 0.360. The molecule has 3 aromatic rings. The highest BCUT2D eigenvalue weighted by Gasteiger charge is 2.34. The van der Waals surface area contributed by atoms with E-state index < -0.39 is 0 Å². The number of hydrogen-bond donors (Lipinski definition) is 0. The van der Waals surface area contributed by atoms with Crippen molar-refractivity contribution in [3.05, 3.63) is 77.3 Å². The lowest BCUT2D eigenvalue weighted by molar-refractivity contribution is -0.117. The molecular weight excluding hydrogens is 416 g/mol. The molecule has 2 aliphatic heterocycles. The summed E-state index contributed by atoms with van der Waals surface area (Å²) >= 11 is 0. The first-order valence-corrected chi connectivity index (χ1v) is 11.4. The van der Waals surface area contributed by atoms with Gasteiger partial charge in [0.05, 0.1) is 12.6 Å². The second kappa shape index (κ2) is 9.05. The Balaban J connectivity index is 1.36. The summed E-state index contributed by atoms with van der Waals surface area (Å²) in [6.45, 7) is 3.75. The minimum Gasteiger partial charge on any atom is -0.337 e. The molecule has 0 aliphatic carbocycles. The summed E-state index contributed by atoms with van der Waals surface area (Å²) in [5.74, 6) is 1.41. The predicted molar refractivity (Wildman–Crippen MR) is 123 cm³/mol. The molecule has 4 heterocycles. The number of rotatable bonds is 5. The lowest BCUT2D eigenvalue weighted by Crippen LogP contribution is -2.40. The van der Waals surface area contributed by atoms with E-state index in [1.54, 1.807) is 11.1 Å². The van der Waals surface area contributed by atoms with Gasteiger partial charge in [0, 0.05) is 49.2 Å². The Labute approximate surface area is 192 Å². The van der Waals surface area contributed by atoms with E-state index in [2.05, 4.69) is 22.1 Å². The first-order chi connectivity index (χ1) is 16.1. The van der Waals surface area contributed by atoms with Gasteiger partial charge in [-0.05, 0) is 31.7 Å². The van der Waals surface area contributed by atoms with E-state index in [-0.39, 0.29) is 17.7 Å². The average Bonchev–Trinajstić information content (AvgIpc) is 3.19. The Kier molecular flexibility index (Phi) is 5.81. The van der Waals surface area contributed by atoms with Crippen LogP contribution in [0.1, 0.15) is 51.9 Å². The number of amides is 2. The third-order valence-corrected chi connectivity index (χ3v) is 6.42. The molecule has 2 amide bonds. The van der Waals surface area contributed by atoms with Crippen molar-refractivity contribution >= 4 is 17.6 Å². The first kappa shape index (κ1) is 21.2. The largest absolute Gasteiger partial charge is 0.337 e. The zero-order valence-corrected chi connectivity index (χ0v) is 18.6. The molecule has 0 radical (unpaired) electrons. The minimum absolute atomic E-state index is 0.0232. The lowest BCUT2D eigenvalue weighted by Gasteiger charge is -2.32. The van der Waals surface area contributed by atoms with E-state index in [1.807, 2.05) is 30.0 Å². The van der Waals surface area contributed by atoms with Gasteiger partial charge in [-0.15, -0.1) is 0 Å². The number of aryl methyl sites for hydroxylation is 1. The molecule has 1 unspecified atom stereocenters. The monoisotopic (exact) mass is 442 g/mol. The number of carbonyl (C=O) groups excluding carboxylic acids is 2. The Bertz CT molecular complexity index is 1170. The number of aromatic nitrogens is 4. The highest BCUT2D eigenvalue weighted by atomic mass is 16.2. The van der Waals surface area contributed by atoms with Crippen molar-refractivity contribution in [1.29, 1.82) is 0 Å². The maximum atomic E-state index is 12.9. The highest BCUT2D eigenvalue weighted by Crippen LogP contribution is 2.33. The van der Waals surface area contributed by atoms with Crippen LogP contribution in [0.5, 0.6) is 0 Å². The summed E-state index contributed by atoms with van der Waals surface area (Å²) in [6.07, 6.45) is 7.47. The molecule has 33 heavy (non-hydrogen) atoms. The maximum Gasteiger partial charge on any atom is 0.274 e. The second-order valence-corrected chi connectivity index (χ2v) is 8.61. The van der Waals surface area contributed by atoms with E-state index in [0.29, 0.717) is 37.6 Å². The van der Waals surface area contributed by atoms with Crippen LogP contribution in [-0.4, -0.2) is 56.3 Å². The Morgan fingerprint density at radius 2 is 2.00 bits per heavy atom. The smallest absolute Gasteiger partial charge is 0.274 e. The number of anilines is 1. The first-order valence-electron chi connectivity index (χ1n) is 11.4. The summed E-state index contributed by atoms with van der Waals surface area (Å²) in [5, 5.41) is 0.